The molecule has 2 fully saturated rings. The Bertz CT molecular complexity index is 438. The first kappa shape index (κ1) is 13.3. The molecule has 20 heavy (non-hydrogen) atoms. The molecule has 0 amide bonds. The van der Waals surface area contributed by atoms with Crippen molar-refractivity contribution < 1.29 is 0 Å². The van der Waals surface area contributed by atoms with E-state index in [1.165, 1.54) is 70.6 Å². The summed E-state index contributed by atoms with van der Waals surface area (Å²) in [5, 5.41) is 3.84. The second-order valence-electron chi connectivity index (χ2n) is 7.38. The Labute approximate surface area is 127 Å². The van der Waals surface area contributed by atoms with Gasteiger partial charge in [0, 0.05) is 22.3 Å². The standard InChI is InChI=1S/C18H27NS/c1-2-9-18(8-1)10-6-15(7-11-18)19-13-16-12-14-4-3-5-17(14)20-16/h12,15,19H,1-11,13H2. The van der Waals surface area contributed by atoms with Crippen LogP contribution in [0.3, 0.4) is 0 Å². The van der Waals surface area contributed by atoms with Crippen LogP contribution in [0.2, 0.25) is 0 Å². The molecule has 3 aliphatic rings. The van der Waals surface area contributed by atoms with Gasteiger partial charge in [0.15, 0.2) is 0 Å². The predicted octanol–water partition coefficient (Wildman–Crippen LogP) is 4.83. The maximum atomic E-state index is 3.84. The first-order chi connectivity index (χ1) is 9.83. The highest BCUT2D eigenvalue weighted by Gasteiger charge is 2.37. The molecule has 3 aliphatic carbocycles. The van der Waals surface area contributed by atoms with E-state index < -0.39 is 0 Å². The Hall–Kier alpha value is -0.340. The molecule has 2 heteroatoms. The fourth-order valence-corrected chi connectivity index (χ4v) is 5.99. The highest BCUT2D eigenvalue weighted by Crippen LogP contribution is 2.48. The number of fused-ring (bicyclic) bond motifs is 1. The molecule has 0 unspecified atom stereocenters. The van der Waals surface area contributed by atoms with E-state index in [4.69, 9.17) is 0 Å². The second-order valence-corrected chi connectivity index (χ2v) is 8.60. The smallest absolute Gasteiger partial charge is 0.0302 e. The second kappa shape index (κ2) is 5.46. The van der Waals surface area contributed by atoms with Crippen LogP contribution in [-0.4, -0.2) is 6.04 Å². The molecule has 1 aromatic rings. The number of hydrogen-bond acceptors (Lipinski definition) is 2. The number of hydrogen-bond donors (Lipinski definition) is 1. The average Bonchev–Trinajstić information content (AvgIpc) is 3.14. The summed E-state index contributed by atoms with van der Waals surface area (Å²) in [4.78, 5) is 3.26. The number of aryl methyl sites for hydroxylation is 2. The van der Waals surface area contributed by atoms with E-state index in [1.54, 1.807) is 15.3 Å². The lowest BCUT2D eigenvalue weighted by Gasteiger charge is -2.37. The fourth-order valence-electron chi connectivity index (χ4n) is 4.78. The van der Waals surface area contributed by atoms with Gasteiger partial charge in [0.25, 0.3) is 0 Å². The van der Waals surface area contributed by atoms with Crippen LogP contribution in [0.1, 0.15) is 73.1 Å². The third-order valence-corrected chi connectivity index (χ3v) is 7.31. The lowest BCUT2D eigenvalue weighted by molar-refractivity contribution is 0.168. The molecule has 0 saturated heterocycles. The van der Waals surface area contributed by atoms with Gasteiger partial charge in [-0.2, -0.15) is 0 Å². The third-order valence-electron chi connectivity index (χ3n) is 6.07. The van der Waals surface area contributed by atoms with Gasteiger partial charge >= 0.3 is 0 Å². The Morgan fingerprint density at radius 2 is 1.85 bits per heavy atom. The Morgan fingerprint density at radius 3 is 2.60 bits per heavy atom. The van der Waals surface area contributed by atoms with Crippen molar-refractivity contribution in [1.29, 1.82) is 0 Å². The highest BCUT2D eigenvalue weighted by molar-refractivity contribution is 7.12. The molecule has 0 radical (unpaired) electrons. The van der Waals surface area contributed by atoms with Crippen molar-refractivity contribution in [3.8, 4) is 0 Å². The van der Waals surface area contributed by atoms with E-state index in [9.17, 15) is 0 Å². The van der Waals surface area contributed by atoms with Crippen molar-refractivity contribution in [3.63, 3.8) is 0 Å². The Morgan fingerprint density at radius 1 is 1.05 bits per heavy atom. The molecule has 1 aromatic heterocycles. The van der Waals surface area contributed by atoms with Crippen LogP contribution in [0, 0.1) is 5.41 Å². The minimum absolute atomic E-state index is 0.780. The van der Waals surface area contributed by atoms with E-state index in [0.717, 1.165) is 18.0 Å². The van der Waals surface area contributed by atoms with Gasteiger partial charge in [-0.1, -0.05) is 12.8 Å². The molecular formula is C18H27NS. The normalized spacial score (nSPS) is 25.4. The molecule has 1 heterocycles. The average molecular weight is 289 g/mol. The van der Waals surface area contributed by atoms with Crippen molar-refractivity contribution in [2.24, 2.45) is 5.41 Å². The van der Waals surface area contributed by atoms with Gasteiger partial charge in [0.2, 0.25) is 0 Å². The van der Waals surface area contributed by atoms with Crippen LogP contribution in [-0.2, 0) is 19.4 Å². The molecular weight excluding hydrogens is 262 g/mol. The fraction of sp³-hybridized carbons (Fsp3) is 0.778. The van der Waals surface area contributed by atoms with Crippen molar-refractivity contribution in [1.82, 2.24) is 5.32 Å². The first-order valence-corrected chi connectivity index (χ1v) is 9.49. The van der Waals surface area contributed by atoms with Crippen LogP contribution in [0.25, 0.3) is 0 Å². The van der Waals surface area contributed by atoms with Gasteiger partial charge in [-0.3, -0.25) is 0 Å². The molecule has 1 nitrogen and oxygen atoms in total. The van der Waals surface area contributed by atoms with Crippen molar-refractivity contribution in [2.45, 2.75) is 83.2 Å². The van der Waals surface area contributed by atoms with Crippen LogP contribution in [0.5, 0.6) is 0 Å². The van der Waals surface area contributed by atoms with E-state index in [0.29, 0.717) is 0 Å². The molecule has 1 N–H and O–H groups in total. The topological polar surface area (TPSA) is 12.0 Å². The summed E-state index contributed by atoms with van der Waals surface area (Å²) >= 11 is 2.07. The van der Waals surface area contributed by atoms with Crippen LogP contribution >= 0.6 is 11.3 Å². The zero-order chi connectivity index (χ0) is 13.4. The summed E-state index contributed by atoms with van der Waals surface area (Å²) < 4.78 is 0. The highest BCUT2D eigenvalue weighted by atomic mass is 32.1. The van der Waals surface area contributed by atoms with E-state index in [1.807, 2.05) is 0 Å². The molecule has 0 atom stereocenters. The van der Waals surface area contributed by atoms with Gasteiger partial charge in [-0.25, -0.2) is 0 Å². The molecule has 1 spiro atoms. The van der Waals surface area contributed by atoms with Crippen molar-refractivity contribution >= 4 is 11.3 Å². The largest absolute Gasteiger partial charge is 0.309 e. The molecule has 110 valence electrons. The zero-order valence-corrected chi connectivity index (χ0v) is 13.4. The lowest BCUT2D eigenvalue weighted by atomic mass is 9.71. The minimum atomic E-state index is 0.780. The maximum Gasteiger partial charge on any atom is 0.0302 e. The van der Waals surface area contributed by atoms with Crippen LogP contribution in [0.4, 0.5) is 0 Å². The molecule has 0 aliphatic heterocycles. The molecule has 4 rings (SSSR count). The Balaban J connectivity index is 1.28. The summed E-state index contributed by atoms with van der Waals surface area (Å²) in [5.41, 5.74) is 2.43. The van der Waals surface area contributed by atoms with Crippen molar-refractivity contribution in [2.75, 3.05) is 0 Å². The van der Waals surface area contributed by atoms with Gasteiger partial charge < -0.3 is 5.32 Å². The maximum absolute atomic E-state index is 3.84. The lowest BCUT2D eigenvalue weighted by Crippen LogP contribution is -2.36. The Kier molecular flexibility index (Phi) is 3.64. The van der Waals surface area contributed by atoms with Gasteiger partial charge in [-0.15, -0.1) is 11.3 Å². The number of thiophene rings is 1. The summed E-state index contributed by atoms with van der Waals surface area (Å²) in [6.07, 6.45) is 15.9. The number of nitrogens with one attached hydrogen (secondary N) is 1. The monoisotopic (exact) mass is 289 g/mol. The molecule has 0 bridgehead atoms. The molecule has 0 aromatic carbocycles. The van der Waals surface area contributed by atoms with E-state index in [-0.39, 0.29) is 0 Å². The quantitative estimate of drug-likeness (QED) is 0.840. The van der Waals surface area contributed by atoms with Gasteiger partial charge in [0.05, 0.1) is 0 Å². The summed E-state index contributed by atoms with van der Waals surface area (Å²) in [6.45, 7) is 1.12. The van der Waals surface area contributed by atoms with Crippen LogP contribution in [0.15, 0.2) is 6.07 Å². The van der Waals surface area contributed by atoms with Crippen molar-refractivity contribution in [3.05, 3.63) is 21.4 Å². The summed E-state index contributed by atoms with van der Waals surface area (Å²) in [7, 11) is 0. The summed E-state index contributed by atoms with van der Waals surface area (Å²) in [5.74, 6) is 0. The molecule has 2 saturated carbocycles. The van der Waals surface area contributed by atoms with E-state index in [2.05, 4.69) is 22.7 Å². The zero-order valence-electron chi connectivity index (χ0n) is 12.5. The SMILES string of the molecule is c1c(CNC2CCC3(CCCC3)CC2)sc2c1CCC2. The third kappa shape index (κ3) is 2.57. The van der Waals surface area contributed by atoms with Gasteiger partial charge in [0.1, 0.15) is 0 Å². The predicted molar refractivity (Wildman–Crippen MR) is 86.3 cm³/mol. The minimum Gasteiger partial charge on any atom is -0.309 e. The van der Waals surface area contributed by atoms with Crippen LogP contribution < -0.4 is 5.32 Å². The first-order valence-electron chi connectivity index (χ1n) is 8.67. The summed E-state index contributed by atoms with van der Waals surface area (Å²) in [6, 6.07) is 3.26. The van der Waals surface area contributed by atoms with E-state index >= 15 is 0 Å². The number of rotatable bonds is 3. The van der Waals surface area contributed by atoms with Gasteiger partial charge in [-0.05, 0) is 74.8 Å².